The van der Waals surface area contributed by atoms with Crippen LogP contribution in [0.25, 0.3) is 10.9 Å². The molecule has 0 unspecified atom stereocenters. The third-order valence-electron chi connectivity index (χ3n) is 5.24. The lowest BCUT2D eigenvalue weighted by molar-refractivity contribution is -0.150. The van der Waals surface area contributed by atoms with E-state index in [-0.39, 0.29) is 12.1 Å². The van der Waals surface area contributed by atoms with Crippen molar-refractivity contribution in [1.82, 2.24) is 10.3 Å². The molecular formula is C22H23ClN2O2. The van der Waals surface area contributed by atoms with E-state index in [0.29, 0.717) is 11.4 Å². The molecule has 1 aliphatic rings. The first-order valence-electron chi connectivity index (χ1n) is 9.23. The first-order valence-corrected chi connectivity index (χ1v) is 9.60. The fourth-order valence-corrected chi connectivity index (χ4v) is 4.11. The van der Waals surface area contributed by atoms with Crippen LogP contribution in [-0.2, 0) is 21.5 Å². The fraction of sp³-hybridized carbons (Fsp3) is 0.318. The van der Waals surface area contributed by atoms with Gasteiger partial charge in [-0.2, -0.15) is 0 Å². The molecule has 0 fully saturated rings. The number of aromatic amines is 1. The van der Waals surface area contributed by atoms with Crippen molar-refractivity contribution < 1.29 is 9.53 Å². The smallest absolute Gasteiger partial charge is 0.323 e. The van der Waals surface area contributed by atoms with Crippen molar-refractivity contribution in [1.29, 1.82) is 0 Å². The average molecular weight is 383 g/mol. The molecule has 4 nitrogen and oxygen atoms in total. The Bertz CT molecular complexity index is 993. The fourth-order valence-electron chi connectivity index (χ4n) is 3.98. The number of aromatic nitrogens is 1. The van der Waals surface area contributed by atoms with Gasteiger partial charge in [-0.15, -0.1) is 0 Å². The van der Waals surface area contributed by atoms with E-state index in [4.69, 9.17) is 16.3 Å². The lowest BCUT2D eigenvalue weighted by Gasteiger charge is -2.39. The monoisotopic (exact) mass is 382 g/mol. The van der Waals surface area contributed by atoms with Gasteiger partial charge in [-0.25, -0.2) is 0 Å². The highest BCUT2D eigenvalue weighted by molar-refractivity contribution is 6.30. The molecule has 2 aromatic carbocycles. The van der Waals surface area contributed by atoms with Crippen molar-refractivity contribution in [2.24, 2.45) is 0 Å². The van der Waals surface area contributed by atoms with E-state index in [2.05, 4.69) is 29.4 Å². The number of hydrogen-bond donors (Lipinski definition) is 2. The van der Waals surface area contributed by atoms with Gasteiger partial charge in [-0.3, -0.25) is 10.1 Å². The summed E-state index contributed by atoms with van der Waals surface area (Å²) in [5.41, 5.74) is 3.80. The Labute approximate surface area is 163 Å². The first kappa shape index (κ1) is 18.1. The van der Waals surface area contributed by atoms with Crippen LogP contribution in [0.3, 0.4) is 0 Å². The molecule has 27 heavy (non-hydrogen) atoms. The van der Waals surface area contributed by atoms with Crippen molar-refractivity contribution >= 4 is 28.5 Å². The predicted octanol–water partition coefficient (Wildman–Crippen LogP) is 4.55. The van der Waals surface area contributed by atoms with Gasteiger partial charge >= 0.3 is 5.97 Å². The molecule has 4 rings (SSSR count). The second-order valence-corrected chi connectivity index (χ2v) is 7.98. The molecular weight excluding hydrogens is 360 g/mol. The Morgan fingerprint density at radius 3 is 2.59 bits per heavy atom. The lowest BCUT2D eigenvalue weighted by atomic mass is 9.80. The molecule has 1 aliphatic heterocycles. The van der Waals surface area contributed by atoms with Gasteiger partial charge in [0.05, 0.1) is 11.6 Å². The summed E-state index contributed by atoms with van der Waals surface area (Å²) in [6.45, 7) is 5.84. The molecule has 0 spiro atoms. The number of nitrogens with one attached hydrogen (secondary N) is 2. The van der Waals surface area contributed by atoms with Gasteiger partial charge < -0.3 is 9.72 Å². The summed E-state index contributed by atoms with van der Waals surface area (Å²) in [6, 6.07) is 15.5. The number of H-pyrrole nitrogens is 1. The Balaban J connectivity index is 1.87. The van der Waals surface area contributed by atoms with Crippen LogP contribution in [0.4, 0.5) is 0 Å². The topological polar surface area (TPSA) is 54.1 Å². The summed E-state index contributed by atoms with van der Waals surface area (Å²) in [4.78, 5) is 16.3. The van der Waals surface area contributed by atoms with Crippen molar-refractivity contribution in [3.05, 3.63) is 70.4 Å². The van der Waals surface area contributed by atoms with Crippen molar-refractivity contribution in [3.8, 4) is 0 Å². The maximum Gasteiger partial charge on any atom is 0.323 e. The molecule has 0 radical (unpaired) electrons. The average Bonchev–Trinajstić information content (AvgIpc) is 3.01. The third kappa shape index (κ3) is 3.13. The van der Waals surface area contributed by atoms with E-state index in [0.717, 1.165) is 27.7 Å². The second-order valence-electron chi connectivity index (χ2n) is 7.54. The molecule has 0 saturated carbocycles. The summed E-state index contributed by atoms with van der Waals surface area (Å²) in [5, 5.41) is 5.37. The summed E-state index contributed by atoms with van der Waals surface area (Å²) in [5.74, 6) is -0.221. The predicted molar refractivity (Wildman–Crippen MR) is 108 cm³/mol. The largest absolute Gasteiger partial charge is 0.462 e. The van der Waals surface area contributed by atoms with Crippen molar-refractivity contribution in [3.63, 3.8) is 0 Å². The Hall–Kier alpha value is -2.30. The van der Waals surface area contributed by atoms with E-state index in [1.807, 2.05) is 50.2 Å². The van der Waals surface area contributed by atoms with Gasteiger partial charge in [0, 0.05) is 28.0 Å². The van der Waals surface area contributed by atoms with E-state index in [1.54, 1.807) is 0 Å². The maximum atomic E-state index is 12.7. The quantitative estimate of drug-likeness (QED) is 0.653. The summed E-state index contributed by atoms with van der Waals surface area (Å²) < 4.78 is 5.51. The van der Waals surface area contributed by atoms with Crippen LogP contribution < -0.4 is 5.32 Å². The number of hydrogen-bond acceptors (Lipinski definition) is 3. The second kappa shape index (κ2) is 6.70. The number of halogens is 1. The SMILES string of the molecule is CC(C)OC(=O)[C@@H]1Cc2c([nH]c3ccccc23)[C@](C)(c2ccc(Cl)cc2)N1. The molecule has 0 aliphatic carbocycles. The zero-order chi connectivity index (χ0) is 19.2. The number of rotatable bonds is 3. The molecule has 0 bridgehead atoms. The molecule has 2 atom stereocenters. The highest BCUT2D eigenvalue weighted by Crippen LogP contribution is 2.39. The van der Waals surface area contributed by atoms with Gasteiger partial charge in [-0.1, -0.05) is 41.9 Å². The summed E-state index contributed by atoms with van der Waals surface area (Å²) in [7, 11) is 0. The summed E-state index contributed by atoms with van der Waals surface area (Å²) in [6.07, 6.45) is 0.444. The van der Waals surface area contributed by atoms with Gasteiger partial charge in [0.25, 0.3) is 0 Å². The van der Waals surface area contributed by atoms with E-state index in [1.165, 1.54) is 0 Å². The number of ether oxygens (including phenoxy) is 1. The van der Waals surface area contributed by atoms with Crippen LogP contribution >= 0.6 is 11.6 Å². The molecule has 3 aromatic rings. The molecule has 1 aromatic heterocycles. The Morgan fingerprint density at radius 2 is 1.89 bits per heavy atom. The third-order valence-corrected chi connectivity index (χ3v) is 5.49. The van der Waals surface area contributed by atoms with Gasteiger partial charge in [0.15, 0.2) is 0 Å². The van der Waals surface area contributed by atoms with Gasteiger partial charge in [0.2, 0.25) is 0 Å². The summed E-state index contributed by atoms with van der Waals surface area (Å²) >= 11 is 6.09. The number of carbonyl (C=O) groups excluding carboxylic acids is 1. The number of para-hydroxylation sites is 1. The zero-order valence-corrected chi connectivity index (χ0v) is 16.4. The van der Waals surface area contributed by atoms with Crippen LogP contribution in [0.2, 0.25) is 5.02 Å². The van der Waals surface area contributed by atoms with E-state index < -0.39 is 11.6 Å². The zero-order valence-electron chi connectivity index (χ0n) is 15.7. The van der Waals surface area contributed by atoms with Crippen molar-refractivity contribution in [2.45, 2.75) is 44.9 Å². The minimum absolute atomic E-state index is 0.148. The van der Waals surface area contributed by atoms with E-state index >= 15 is 0 Å². The van der Waals surface area contributed by atoms with Crippen LogP contribution in [0.15, 0.2) is 48.5 Å². The van der Waals surface area contributed by atoms with Crippen LogP contribution in [0, 0.1) is 0 Å². The number of carbonyl (C=O) groups is 1. The maximum absolute atomic E-state index is 12.7. The van der Waals surface area contributed by atoms with Crippen LogP contribution in [-0.4, -0.2) is 23.1 Å². The minimum atomic E-state index is -0.558. The molecule has 2 N–H and O–H groups in total. The molecule has 5 heteroatoms. The van der Waals surface area contributed by atoms with Crippen LogP contribution in [0.5, 0.6) is 0 Å². The molecule has 140 valence electrons. The number of esters is 1. The van der Waals surface area contributed by atoms with Crippen LogP contribution in [0.1, 0.15) is 37.6 Å². The minimum Gasteiger partial charge on any atom is -0.462 e. The normalized spacial score (nSPS) is 22.0. The molecule has 2 heterocycles. The standard InChI is InChI=1S/C22H23ClN2O2/c1-13(2)27-21(26)19-12-17-16-6-4-5-7-18(16)24-20(17)22(3,25-19)14-8-10-15(23)11-9-14/h4-11,13,19,24-25H,12H2,1-3H3/t19-,22-/m0/s1. The van der Waals surface area contributed by atoms with Gasteiger partial charge in [-0.05, 0) is 50.1 Å². The highest BCUT2D eigenvalue weighted by Gasteiger charge is 2.42. The van der Waals surface area contributed by atoms with E-state index in [9.17, 15) is 4.79 Å². The number of fused-ring (bicyclic) bond motifs is 3. The Morgan fingerprint density at radius 1 is 1.19 bits per heavy atom. The first-order chi connectivity index (χ1) is 12.9. The highest BCUT2D eigenvalue weighted by atomic mass is 35.5. The van der Waals surface area contributed by atoms with Crippen molar-refractivity contribution in [2.75, 3.05) is 0 Å². The van der Waals surface area contributed by atoms with Gasteiger partial charge in [0.1, 0.15) is 6.04 Å². The Kier molecular flexibility index (Phi) is 4.49. The lowest BCUT2D eigenvalue weighted by Crippen LogP contribution is -2.55. The molecule has 0 amide bonds. The molecule has 0 saturated heterocycles. The number of benzene rings is 2.